The predicted molar refractivity (Wildman–Crippen MR) is 346 cm³/mol. The molecule has 0 N–H and O–H groups in total. The number of rotatable bonds is 17. The average molecular weight is 1300 g/mol. The summed E-state index contributed by atoms with van der Waals surface area (Å²) in [6.45, 7) is 49.8. The maximum absolute atomic E-state index is 10.1. The van der Waals surface area contributed by atoms with Crippen LogP contribution in [0.4, 0.5) is 0 Å². The summed E-state index contributed by atoms with van der Waals surface area (Å²) in [6.07, 6.45) is 10.2. The van der Waals surface area contributed by atoms with E-state index >= 15 is 0 Å². The molecule has 0 spiro atoms. The predicted octanol–water partition coefficient (Wildman–Crippen LogP) is 22.8. The van der Waals surface area contributed by atoms with Crippen LogP contribution < -0.4 is 0 Å². The molecule has 8 heteroatoms. The third-order valence-corrected chi connectivity index (χ3v) is 134. The molecule has 0 amide bonds. The van der Waals surface area contributed by atoms with Gasteiger partial charge in [0.2, 0.25) is 0 Å². The molecule has 4 aliphatic rings. The average Bonchev–Trinajstić information content (AvgIpc) is 4.08. The molecule has 4 atom stereocenters. The number of halogens is 4. The second-order valence-corrected chi connectivity index (χ2v) is 135. The van der Waals surface area contributed by atoms with Crippen molar-refractivity contribution >= 4 is 71.6 Å². The van der Waals surface area contributed by atoms with Crippen LogP contribution in [0.3, 0.4) is 0 Å². The zero-order valence-electron chi connectivity index (χ0n) is 51.2. The van der Waals surface area contributed by atoms with E-state index in [4.69, 9.17) is 0 Å². The molecule has 4 aromatic carbocycles. The van der Waals surface area contributed by atoms with Crippen LogP contribution in [0, 0.1) is 0 Å². The molecule has 8 rings (SSSR count). The topological polar surface area (TPSA) is 0 Å². The first kappa shape index (κ1) is 61.3. The van der Waals surface area contributed by atoms with Gasteiger partial charge in [-0.25, -0.2) is 0 Å². The van der Waals surface area contributed by atoms with Crippen molar-refractivity contribution in [3.05, 3.63) is 160 Å². The Labute approximate surface area is 476 Å². The van der Waals surface area contributed by atoms with Gasteiger partial charge >= 0.3 is 481 Å². The van der Waals surface area contributed by atoms with Gasteiger partial charge < -0.3 is 0 Å². The van der Waals surface area contributed by atoms with Gasteiger partial charge in [0, 0.05) is 0 Å². The van der Waals surface area contributed by atoms with Crippen molar-refractivity contribution in [2.75, 3.05) is 0 Å². The van der Waals surface area contributed by atoms with E-state index in [1.165, 1.54) is 111 Å². The fourth-order valence-corrected chi connectivity index (χ4v) is 139. The van der Waals surface area contributed by atoms with Crippen LogP contribution in [0.2, 0.25) is 21.4 Å². The van der Waals surface area contributed by atoms with Gasteiger partial charge in [-0.15, -0.1) is 0 Å². The number of benzene rings is 4. The zero-order chi connectivity index (χ0) is 56.6. The maximum atomic E-state index is 10.1. The first-order chi connectivity index (χ1) is 35.0. The molecule has 0 saturated heterocycles. The van der Waals surface area contributed by atoms with Crippen LogP contribution in [0.5, 0.6) is 0 Å². The summed E-state index contributed by atoms with van der Waals surface area (Å²) in [5, 5.41) is 0. The summed E-state index contributed by atoms with van der Waals surface area (Å²) in [6, 6.07) is 20.3. The molecule has 0 aromatic heterocycles. The molecule has 0 bridgehead atoms. The minimum atomic E-state index is -6.35. The Morgan fingerprint density at radius 3 is 0.658 bits per heavy atom. The molecule has 0 radical (unpaired) electrons. The van der Waals surface area contributed by atoms with Gasteiger partial charge in [-0.2, -0.15) is 0 Å². The van der Waals surface area contributed by atoms with Crippen LogP contribution in [0.1, 0.15) is 289 Å². The van der Waals surface area contributed by atoms with Crippen molar-refractivity contribution in [1.29, 1.82) is 0 Å². The second kappa shape index (κ2) is 19.9. The Morgan fingerprint density at radius 1 is 0.329 bits per heavy atom. The molecule has 4 unspecified atom stereocenters. The molecule has 76 heavy (non-hydrogen) atoms. The van der Waals surface area contributed by atoms with Crippen molar-refractivity contribution in [1.82, 2.24) is 0 Å². The van der Waals surface area contributed by atoms with Crippen molar-refractivity contribution in [2.45, 2.75) is 222 Å². The first-order valence-corrected chi connectivity index (χ1v) is 66.5. The van der Waals surface area contributed by atoms with Gasteiger partial charge in [0.1, 0.15) is 0 Å². The van der Waals surface area contributed by atoms with E-state index in [0.717, 1.165) is 0 Å². The van der Waals surface area contributed by atoms with Gasteiger partial charge in [0.05, 0.1) is 0 Å². The van der Waals surface area contributed by atoms with Gasteiger partial charge in [0.25, 0.3) is 0 Å². The third kappa shape index (κ3) is 9.15. The minimum absolute atomic E-state index is 0.112. The molecule has 414 valence electrons. The molecular weight excluding hydrogens is 1200 g/mol. The van der Waals surface area contributed by atoms with Crippen molar-refractivity contribution in [3.63, 3.8) is 0 Å². The van der Waals surface area contributed by atoms with Gasteiger partial charge in [-0.1, -0.05) is 0 Å². The van der Waals surface area contributed by atoms with E-state index in [-0.39, 0.29) is 14.5 Å². The van der Waals surface area contributed by atoms with Crippen molar-refractivity contribution < 1.29 is 28.1 Å². The summed E-state index contributed by atoms with van der Waals surface area (Å²) in [4.78, 5) is 0. The molecule has 0 nitrogen and oxygen atoms in total. The molecule has 0 heterocycles. The number of hydrogen-bond donors (Lipinski definition) is 0. The van der Waals surface area contributed by atoms with Crippen LogP contribution in [0.25, 0.3) is 24.3 Å². The number of hydrogen-bond acceptors (Lipinski definition) is 0. The number of fused-ring (bicyclic) bond motifs is 4. The Morgan fingerprint density at radius 2 is 0.513 bits per heavy atom. The first-order valence-electron chi connectivity index (χ1n) is 30.0. The number of allylic oxidation sites excluding steroid dienone is 4. The van der Waals surface area contributed by atoms with Crippen LogP contribution in [-0.4, -0.2) is 13.3 Å². The van der Waals surface area contributed by atoms with Gasteiger partial charge in [-0.05, 0) is 0 Å². The van der Waals surface area contributed by atoms with E-state index in [1.807, 2.05) is 0 Å². The van der Waals surface area contributed by atoms with E-state index in [0.29, 0.717) is 55.6 Å². The van der Waals surface area contributed by atoms with Gasteiger partial charge in [0.15, 0.2) is 0 Å². The second-order valence-electron chi connectivity index (χ2n) is 28.7. The summed E-state index contributed by atoms with van der Waals surface area (Å²) in [7, 11) is 40.5. The van der Waals surface area contributed by atoms with Crippen molar-refractivity contribution in [3.8, 4) is 0 Å². The Hall–Kier alpha value is -0.800. The standard InChI is InChI=1S/4C16H21.C2H4.2CH5Si.4ClH.2Zr/c4*1-10(2)13-8-14-6-12(5)7-16(14)15(9-13)11(3)4;3*1-2;;;;;;/h4*6-11H,1-5H3;1-2H2;2*2H2,1H3;4*1H;;/q;;;;;;;;;;;2*+2/p-4. The van der Waals surface area contributed by atoms with E-state index in [1.54, 1.807) is 0 Å². The molecule has 0 aliphatic heterocycles. The molecule has 4 aromatic rings. The van der Waals surface area contributed by atoms with E-state index < -0.39 is 41.4 Å². The van der Waals surface area contributed by atoms with E-state index in [2.05, 4.69) is 224 Å². The summed E-state index contributed by atoms with van der Waals surface area (Å²) >= 11 is -12.7. The van der Waals surface area contributed by atoms with Crippen LogP contribution in [0.15, 0.2) is 70.8 Å². The van der Waals surface area contributed by atoms with Gasteiger partial charge in [-0.3, -0.25) is 0 Å². The Bertz CT molecular complexity index is 2800. The summed E-state index contributed by atoms with van der Waals surface area (Å²) in [5.74, 6) is 2.74. The molecular formula is C68H98Cl4Si2Zr2. The zero-order valence-corrected chi connectivity index (χ0v) is 62.0. The SMILES string of the molecule is C[SiH2][Zr]([Cl])([Cl])([CH2][CH2][Zr]([Cl])([Cl])([SiH2]C)([CH]1C(C)=Cc2c(C(C)C)cc(C(C)C)cc21)[CH]1C(C)=Cc2c(C(C)C)cc(C(C)C)cc21)([CH]1C(C)=Cc2c(C(C)C)cc(C(C)C)cc21)[CH]1C(C)=Cc2c(C(C)C)cc(C(C)C)cc21. The Kier molecular flexibility index (Phi) is 16.1. The van der Waals surface area contributed by atoms with Crippen LogP contribution >= 0.6 is 34.1 Å². The third-order valence-electron chi connectivity index (χ3n) is 21.2. The monoisotopic (exact) mass is 1290 g/mol. The Balaban J connectivity index is 1.57. The van der Waals surface area contributed by atoms with E-state index in [9.17, 15) is 34.1 Å². The fraction of sp³-hybridized carbons (Fsp3) is 0.529. The summed E-state index contributed by atoms with van der Waals surface area (Å²) < 4.78 is 0.929. The molecule has 0 saturated carbocycles. The normalized spacial score (nSPS) is 21.7. The molecule has 4 aliphatic carbocycles. The quantitative estimate of drug-likeness (QED) is 0.0925. The fourth-order valence-electron chi connectivity index (χ4n) is 16.9. The van der Waals surface area contributed by atoms with Crippen molar-refractivity contribution in [2.24, 2.45) is 0 Å². The molecule has 0 fully saturated rings. The summed E-state index contributed by atoms with van der Waals surface area (Å²) in [5.41, 5.74) is 27.5. The van der Waals surface area contributed by atoms with Crippen LogP contribution in [-0.2, 0) is 28.1 Å².